The van der Waals surface area contributed by atoms with Gasteiger partial charge in [0.15, 0.2) is 17.5 Å². The van der Waals surface area contributed by atoms with E-state index in [1.54, 1.807) is 0 Å². The van der Waals surface area contributed by atoms with Gasteiger partial charge in [0.1, 0.15) is 0 Å². The van der Waals surface area contributed by atoms with E-state index < -0.39 is 44.9 Å². The molecule has 0 saturated heterocycles. The summed E-state index contributed by atoms with van der Waals surface area (Å²) in [5, 5.41) is 0. The van der Waals surface area contributed by atoms with Gasteiger partial charge in [-0.15, -0.1) is 0 Å². The largest absolute Gasteiger partial charge is 0.453 e. The standard InChI is InChI=1S/C8HF8IO/c9-1-2(10)4(12)7(13,5(17)3(1)11)6(18)8(14,15)16/h4H. The molecule has 2 unspecified atom stereocenters. The highest BCUT2D eigenvalue weighted by Crippen LogP contribution is 2.49. The Hall–Kier alpha value is -0.680. The van der Waals surface area contributed by atoms with Crippen molar-refractivity contribution in [1.82, 2.24) is 0 Å². The Kier molecular flexibility index (Phi) is 3.81. The summed E-state index contributed by atoms with van der Waals surface area (Å²) in [5.41, 5.74) is -4.65. The Morgan fingerprint density at radius 1 is 1.17 bits per heavy atom. The molecule has 0 amide bonds. The van der Waals surface area contributed by atoms with Crippen LogP contribution in [-0.2, 0) is 4.79 Å². The number of carbonyl (C=O) groups excluding carboxylic acids is 1. The SMILES string of the molecule is O=C(C(F)(F)F)C1(F)C(I)=C(F)C(F)=C(F)C1F. The molecule has 1 nitrogen and oxygen atoms in total. The third kappa shape index (κ3) is 2.03. The highest BCUT2D eigenvalue weighted by molar-refractivity contribution is 14.1. The number of alkyl halides is 5. The second-order valence-electron chi connectivity index (χ2n) is 3.19. The van der Waals surface area contributed by atoms with Crippen LogP contribution in [0.1, 0.15) is 0 Å². The van der Waals surface area contributed by atoms with Crippen LogP contribution in [0.25, 0.3) is 0 Å². The number of allylic oxidation sites excluding steroid dienone is 4. The van der Waals surface area contributed by atoms with Gasteiger partial charge in [-0.1, -0.05) is 0 Å². The van der Waals surface area contributed by atoms with Crippen molar-refractivity contribution in [3.05, 3.63) is 21.1 Å². The highest BCUT2D eigenvalue weighted by Gasteiger charge is 2.64. The van der Waals surface area contributed by atoms with Crippen LogP contribution in [0.15, 0.2) is 21.1 Å². The lowest BCUT2D eigenvalue weighted by atomic mass is 9.89. The summed E-state index contributed by atoms with van der Waals surface area (Å²) in [6, 6.07) is 0. The van der Waals surface area contributed by atoms with Gasteiger partial charge in [-0.05, 0) is 22.6 Å². The van der Waals surface area contributed by atoms with Gasteiger partial charge in [0, 0.05) is 0 Å². The molecule has 0 radical (unpaired) electrons. The molecule has 0 bridgehead atoms. The van der Waals surface area contributed by atoms with Gasteiger partial charge in [0.2, 0.25) is 11.8 Å². The van der Waals surface area contributed by atoms with E-state index in [0.29, 0.717) is 22.6 Å². The van der Waals surface area contributed by atoms with Gasteiger partial charge in [-0.3, -0.25) is 4.79 Å². The zero-order valence-corrected chi connectivity index (χ0v) is 10.0. The molecule has 0 N–H and O–H groups in total. The molecule has 0 aromatic heterocycles. The van der Waals surface area contributed by atoms with Crippen molar-refractivity contribution < 1.29 is 39.9 Å². The number of ketones is 1. The molecule has 0 saturated carbocycles. The molecule has 102 valence electrons. The average molecular weight is 392 g/mol. The van der Waals surface area contributed by atoms with Gasteiger partial charge in [-0.25, -0.2) is 22.0 Å². The van der Waals surface area contributed by atoms with E-state index in [0.717, 1.165) is 0 Å². The lowest BCUT2D eigenvalue weighted by Gasteiger charge is -2.30. The zero-order chi connectivity index (χ0) is 14.5. The third-order valence-electron chi connectivity index (χ3n) is 2.07. The molecule has 0 aliphatic heterocycles. The molecule has 2 atom stereocenters. The Morgan fingerprint density at radius 3 is 2.00 bits per heavy atom. The Balaban J connectivity index is 3.48. The highest BCUT2D eigenvalue weighted by atomic mass is 127. The summed E-state index contributed by atoms with van der Waals surface area (Å²) in [6.45, 7) is 0. The number of Topliss-reactive ketones (excluding diaryl/α,β-unsaturated/α-hetero) is 1. The van der Waals surface area contributed by atoms with Crippen molar-refractivity contribution in [3.8, 4) is 0 Å². The maximum absolute atomic E-state index is 13.7. The summed E-state index contributed by atoms with van der Waals surface area (Å²) >= 11 is 0.485. The number of hydrogen-bond donors (Lipinski definition) is 0. The minimum absolute atomic E-state index is 0.485. The van der Waals surface area contributed by atoms with Crippen LogP contribution in [-0.4, -0.2) is 23.8 Å². The quantitative estimate of drug-likeness (QED) is 0.488. The van der Waals surface area contributed by atoms with Crippen LogP contribution in [0.2, 0.25) is 0 Å². The second-order valence-corrected chi connectivity index (χ2v) is 4.27. The van der Waals surface area contributed by atoms with Crippen molar-refractivity contribution in [2.24, 2.45) is 0 Å². The summed E-state index contributed by atoms with van der Waals surface area (Å²) in [6.07, 6.45) is -9.76. The van der Waals surface area contributed by atoms with Crippen molar-refractivity contribution in [1.29, 1.82) is 0 Å². The first-order chi connectivity index (χ1) is 7.95. The Bertz CT molecular complexity index is 464. The molecule has 10 heteroatoms. The minimum atomic E-state index is -5.87. The number of carbonyl (C=O) groups is 1. The van der Waals surface area contributed by atoms with Gasteiger partial charge in [0.05, 0.1) is 3.58 Å². The van der Waals surface area contributed by atoms with Gasteiger partial charge < -0.3 is 0 Å². The van der Waals surface area contributed by atoms with Gasteiger partial charge in [-0.2, -0.15) is 13.2 Å². The zero-order valence-electron chi connectivity index (χ0n) is 7.89. The fourth-order valence-corrected chi connectivity index (χ4v) is 1.93. The van der Waals surface area contributed by atoms with E-state index in [1.165, 1.54) is 0 Å². The van der Waals surface area contributed by atoms with Crippen LogP contribution < -0.4 is 0 Å². The second kappa shape index (κ2) is 4.46. The summed E-state index contributed by atoms with van der Waals surface area (Å²) in [7, 11) is 0. The van der Waals surface area contributed by atoms with Crippen LogP contribution in [0.4, 0.5) is 35.1 Å². The van der Waals surface area contributed by atoms with Crippen molar-refractivity contribution in [3.63, 3.8) is 0 Å². The fraction of sp³-hybridized carbons (Fsp3) is 0.375. The Labute approximate surface area is 108 Å². The topological polar surface area (TPSA) is 17.1 Å². The lowest BCUT2D eigenvalue weighted by Crippen LogP contribution is -2.52. The van der Waals surface area contributed by atoms with E-state index in [4.69, 9.17) is 0 Å². The molecule has 0 spiro atoms. The number of halogens is 9. The van der Waals surface area contributed by atoms with Crippen molar-refractivity contribution >= 4 is 28.4 Å². The molecule has 18 heavy (non-hydrogen) atoms. The first kappa shape index (κ1) is 15.4. The van der Waals surface area contributed by atoms with Crippen LogP contribution in [0, 0.1) is 0 Å². The van der Waals surface area contributed by atoms with E-state index in [-0.39, 0.29) is 0 Å². The minimum Gasteiger partial charge on any atom is -0.285 e. The maximum atomic E-state index is 13.7. The van der Waals surface area contributed by atoms with E-state index in [2.05, 4.69) is 0 Å². The van der Waals surface area contributed by atoms with Crippen LogP contribution >= 0.6 is 22.6 Å². The monoisotopic (exact) mass is 392 g/mol. The van der Waals surface area contributed by atoms with Crippen molar-refractivity contribution in [2.45, 2.75) is 18.0 Å². The van der Waals surface area contributed by atoms with E-state index in [9.17, 15) is 39.9 Å². The molecular formula is C8HF8IO. The summed E-state index contributed by atoms with van der Waals surface area (Å²) in [5.74, 6) is -10.9. The van der Waals surface area contributed by atoms with Gasteiger partial charge in [0.25, 0.3) is 5.78 Å². The molecular weight excluding hydrogens is 391 g/mol. The molecule has 1 aliphatic rings. The van der Waals surface area contributed by atoms with Gasteiger partial charge >= 0.3 is 6.18 Å². The molecule has 1 aliphatic carbocycles. The Morgan fingerprint density at radius 2 is 1.61 bits per heavy atom. The summed E-state index contributed by atoms with van der Waals surface area (Å²) in [4.78, 5) is 10.7. The first-order valence-corrected chi connectivity index (χ1v) is 5.09. The smallest absolute Gasteiger partial charge is 0.285 e. The van der Waals surface area contributed by atoms with Crippen LogP contribution in [0.5, 0.6) is 0 Å². The molecule has 0 fully saturated rings. The predicted molar refractivity (Wildman–Crippen MR) is 51.2 cm³/mol. The number of rotatable bonds is 1. The van der Waals surface area contributed by atoms with E-state index >= 15 is 0 Å². The molecule has 0 heterocycles. The fourth-order valence-electron chi connectivity index (χ4n) is 1.18. The molecule has 0 aromatic rings. The number of hydrogen-bond acceptors (Lipinski definition) is 1. The summed E-state index contributed by atoms with van der Waals surface area (Å²) < 4.78 is 99.4. The third-order valence-corrected chi connectivity index (χ3v) is 3.33. The normalized spacial score (nSPS) is 29.9. The first-order valence-electron chi connectivity index (χ1n) is 4.01. The molecule has 0 aromatic carbocycles. The van der Waals surface area contributed by atoms with Crippen LogP contribution in [0.3, 0.4) is 0 Å². The average Bonchev–Trinajstić information content (AvgIpc) is 2.29. The lowest BCUT2D eigenvalue weighted by molar-refractivity contribution is -0.184. The maximum Gasteiger partial charge on any atom is 0.453 e. The molecule has 1 rings (SSSR count). The predicted octanol–water partition coefficient (Wildman–Crippen LogP) is 3.94. The van der Waals surface area contributed by atoms with Crippen molar-refractivity contribution in [2.75, 3.05) is 0 Å². The van der Waals surface area contributed by atoms with E-state index in [1.807, 2.05) is 0 Å².